The predicted octanol–water partition coefficient (Wildman–Crippen LogP) is 17.8. The van der Waals surface area contributed by atoms with E-state index in [0.29, 0.717) is 0 Å². The molecule has 0 saturated carbocycles. The smallest absolute Gasteiger partial charge is 0.135 e. The van der Waals surface area contributed by atoms with Gasteiger partial charge in [0.15, 0.2) is 0 Å². The van der Waals surface area contributed by atoms with Crippen LogP contribution in [0.25, 0.3) is 97.7 Å². The number of para-hydroxylation sites is 1. The minimum absolute atomic E-state index is 0.900. The van der Waals surface area contributed by atoms with Gasteiger partial charge < -0.3 is 9.32 Å². The molecule has 12 aromatic rings. The van der Waals surface area contributed by atoms with Gasteiger partial charge in [-0.1, -0.05) is 176 Å². The van der Waals surface area contributed by atoms with E-state index in [1.807, 2.05) is 23.5 Å². The lowest BCUT2D eigenvalue weighted by Gasteiger charge is -2.30. The van der Waals surface area contributed by atoms with Gasteiger partial charge in [0.2, 0.25) is 0 Å². The monoisotopic (exact) mass is 821 g/mol. The highest BCUT2D eigenvalue weighted by Gasteiger charge is 2.23. The molecule has 2 nitrogen and oxygen atoms in total. The highest BCUT2D eigenvalue weighted by molar-refractivity contribution is 7.25. The fourth-order valence-electron chi connectivity index (χ4n) is 9.28. The summed E-state index contributed by atoms with van der Waals surface area (Å²) in [7, 11) is 0. The number of fused-ring (bicyclic) bond motifs is 6. The van der Waals surface area contributed by atoms with Crippen molar-refractivity contribution in [2.24, 2.45) is 0 Å². The third-order valence-corrected chi connectivity index (χ3v) is 13.5. The number of benzene rings is 10. The summed E-state index contributed by atoms with van der Waals surface area (Å²) < 4.78 is 8.80. The van der Waals surface area contributed by atoms with Crippen molar-refractivity contribution in [1.29, 1.82) is 0 Å². The number of rotatable bonds is 8. The molecule has 0 spiro atoms. The van der Waals surface area contributed by atoms with E-state index < -0.39 is 0 Å². The second kappa shape index (κ2) is 15.5. The van der Waals surface area contributed by atoms with Crippen LogP contribution in [-0.4, -0.2) is 0 Å². The summed E-state index contributed by atoms with van der Waals surface area (Å²) in [5.74, 6) is 0. The van der Waals surface area contributed by atoms with Crippen LogP contribution in [0, 0.1) is 0 Å². The van der Waals surface area contributed by atoms with Gasteiger partial charge in [0.25, 0.3) is 0 Å². The predicted molar refractivity (Wildman–Crippen MR) is 268 cm³/mol. The molecular weight excluding hydrogens is 783 g/mol. The Labute approximate surface area is 370 Å². The van der Waals surface area contributed by atoms with Gasteiger partial charge in [-0.25, -0.2) is 0 Å². The van der Waals surface area contributed by atoms with Crippen molar-refractivity contribution in [2.75, 3.05) is 4.90 Å². The van der Waals surface area contributed by atoms with Gasteiger partial charge in [-0.15, -0.1) is 11.3 Å². The molecule has 10 aromatic carbocycles. The van der Waals surface area contributed by atoms with Crippen molar-refractivity contribution >= 4 is 70.5 Å². The second-order valence-electron chi connectivity index (χ2n) is 16.0. The summed E-state index contributed by atoms with van der Waals surface area (Å²) in [4.78, 5) is 2.43. The molecule has 0 aliphatic heterocycles. The molecule has 2 heterocycles. The third kappa shape index (κ3) is 6.58. The van der Waals surface area contributed by atoms with E-state index in [-0.39, 0.29) is 0 Å². The summed E-state index contributed by atoms with van der Waals surface area (Å²) in [5, 5.41) is 4.88. The standard InChI is InChI=1S/C60H39NOS/c1-3-14-42(15-4-1)48-18-7-8-21-53(48)60-49(43-16-5-2-6-17-43)22-13-23-55(60)61(46-32-26-40(27-33-46)44-31-37-57-54(38-44)50-19-9-11-24-56(50)62-57)47-34-28-41(29-35-47)45-30-36-52-51-20-10-12-25-58(51)63-59(52)39-45/h1-39H. The molecule has 0 atom stereocenters. The first-order valence-electron chi connectivity index (χ1n) is 21.4. The summed E-state index contributed by atoms with van der Waals surface area (Å²) in [5.41, 5.74) is 16.8. The maximum Gasteiger partial charge on any atom is 0.135 e. The zero-order chi connectivity index (χ0) is 41.7. The maximum absolute atomic E-state index is 6.18. The fraction of sp³-hybridized carbons (Fsp3) is 0. The molecule has 2 aromatic heterocycles. The van der Waals surface area contributed by atoms with Crippen LogP contribution in [0.5, 0.6) is 0 Å². The average molecular weight is 822 g/mol. The van der Waals surface area contributed by atoms with Crippen molar-refractivity contribution in [3.63, 3.8) is 0 Å². The molecule has 0 amide bonds. The number of thiophene rings is 1. The fourth-order valence-corrected chi connectivity index (χ4v) is 10.4. The van der Waals surface area contributed by atoms with Crippen molar-refractivity contribution < 1.29 is 4.42 Å². The van der Waals surface area contributed by atoms with Crippen LogP contribution in [0.1, 0.15) is 0 Å². The lowest BCUT2D eigenvalue weighted by atomic mass is 9.87. The first kappa shape index (κ1) is 36.8. The Hall–Kier alpha value is -7.98. The highest BCUT2D eigenvalue weighted by atomic mass is 32.1. The van der Waals surface area contributed by atoms with E-state index >= 15 is 0 Å². The Morgan fingerprint density at radius 1 is 0.302 bits per heavy atom. The van der Waals surface area contributed by atoms with Gasteiger partial charge in [0.1, 0.15) is 11.2 Å². The first-order valence-corrected chi connectivity index (χ1v) is 22.2. The second-order valence-corrected chi connectivity index (χ2v) is 17.1. The lowest BCUT2D eigenvalue weighted by molar-refractivity contribution is 0.669. The van der Waals surface area contributed by atoms with Gasteiger partial charge in [-0.05, 0) is 111 Å². The molecule has 296 valence electrons. The van der Waals surface area contributed by atoms with Crippen molar-refractivity contribution in [1.82, 2.24) is 0 Å². The van der Waals surface area contributed by atoms with Crippen LogP contribution in [0.15, 0.2) is 241 Å². The Morgan fingerprint density at radius 3 is 1.56 bits per heavy atom. The Morgan fingerprint density at radius 2 is 0.825 bits per heavy atom. The van der Waals surface area contributed by atoms with E-state index in [4.69, 9.17) is 4.42 Å². The van der Waals surface area contributed by atoms with E-state index in [1.54, 1.807) is 0 Å². The summed E-state index contributed by atoms with van der Waals surface area (Å²) >= 11 is 1.86. The molecule has 0 fully saturated rings. The van der Waals surface area contributed by atoms with Crippen LogP contribution in [0.3, 0.4) is 0 Å². The number of hydrogen-bond donors (Lipinski definition) is 0. The number of nitrogens with zero attached hydrogens (tertiary/aromatic N) is 1. The number of furan rings is 1. The molecule has 0 bridgehead atoms. The van der Waals surface area contributed by atoms with Crippen molar-refractivity contribution in [3.05, 3.63) is 237 Å². The quantitative estimate of drug-likeness (QED) is 0.152. The van der Waals surface area contributed by atoms with Crippen molar-refractivity contribution in [3.8, 4) is 55.6 Å². The normalized spacial score (nSPS) is 11.5. The van der Waals surface area contributed by atoms with Gasteiger partial charge in [0.05, 0.1) is 5.69 Å². The van der Waals surface area contributed by atoms with Crippen LogP contribution in [0.2, 0.25) is 0 Å². The lowest BCUT2D eigenvalue weighted by Crippen LogP contribution is -2.12. The maximum atomic E-state index is 6.18. The minimum atomic E-state index is 0.900. The molecule has 63 heavy (non-hydrogen) atoms. The summed E-state index contributed by atoms with van der Waals surface area (Å²) in [6.07, 6.45) is 0. The van der Waals surface area contributed by atoms with Gasteiger partial charge in [-0.3, -0.25) is 0 Å². The summed E-state index contributed by atoms with van der Waals surface area (Å²) in [6.45, 7) is 0. The number of hydrogen-bond acceptors (Lipinski definition) is 3. The van der Waals surface area contributed by atoms with Crippen LogP contribution < -0.4 is 4.90 Å². The molecule has 0 aliphatic rings. The zero-order valence-electron chi connectivity index (χ0n) is 34.3. The Balaban J connectivity index is 1.03. The van der Waals surface area contributed by atoms with Gasteiger partial charge >= 0.3 is 0 Å². The van der Waals surface area contributed by atoms with E-state index in [9.17, 15) is 0 Å². The first-order chi connectivity index (χ1) is 31.2. The Bertz CT molecular complexity index is 3600. The van der Waals surface area contributed by atoms with Gasteiger partial charge in [0, 0.05) is 47.9 Å². The molecule has 12 rings (SSSR count). The third-order valence-electron chi connectivity index (χ3n) is 12.3. The zero-order valence-corrected chi connectivity index (χ0v) is 35.1. The molecule has 3 heteroatoms. The summed E-state index contributed by atoms with van der Waals surface area (Å²) in [6, 6.07) is 85.6. The van der Waals surface area contributed by atoms with E-state index in [0.717, 1.165) is 50.1 Å². The number of anilines is 3. The average Bonchev–Trinajstić information content (AvgIpc) is 3.93. The molecule has 0 radical (unpaired) electrons. The van der Waals surface area contributed by atoms with E-state index in [2.05, 4.69) is 229 Å². The highest BCUT2D eigenvalue weighted by Crippen LogP contribution is 2.48. The Kier molecular flexibility index (Phi) is 9.06. The molecular formula is C60H39NOS. The largest absolute Gasteiger partial charge is 0.456 e. The molecule has 0 unspecified atom stereocenters. The van der Waals surface area contributed by atoms with Crippen LogP contribution in [-0.2, 0) is 0 Å². The van der Waals surface area contributed by atoms with Crippen LogP contribution >= 0.6 is 11.3 Å². The minimum Gasteiger partial charge on any atom is -0.456 e. The van der Waals surface area contributed by atoms with Crippen LogP contribution in [0.4, 0.5) is 17.1 Å². The SMILES string of the molecule is c1ccc(-c2ccccc2-c2c(-c3ccccc3)cccc2N(c2ccc(-c3ccc4c(c3)sc3ccccc34)cc2)c2ccc(-c3ccc4oc5ccccc5c4c3)cc2)cc1. The topological polar surface area (TPSA) is 16.4 Å². The molecule has 0 N–H and O–H groups in total. The van der Waals surface area contributed by atoms with Gasteiger partial charge in [-0.2, -0.15) is 0 Å². The molecule has 0 aliphatic carbocycles. The molecule has 0 saturated heterocycles. The van der Waals surface area contributed by atoms with Crippen molar-refractivity contribution in [2.45, 2.75) is 0 Å². The van der Waals surface area contributed by atoms with E-state index in [1.165, 1.54) is 64.7 Å².